The van der Waals surface area contributed by atoms with E-state index in [0.717, 1.165) is 24.9 Å². The molecular weight excluding hydrogens is 292 g/mol. The first-order valence-electron chi connectivity index (χ1n) is 8.05. The van der Waals surface area contributed by atoms with Crippen molar-refractivity contribution in [1.82, 2.24) is 25.5 Å². The predicted molar refractivity (Wildman–Crippen MR) is 85.6 cm³/mol. The highest BCUT2D eigenvalue weighted by molar-refractivity contribution is 5.79. The highest BCUT2D eigenvalue weighted by Gasteiger charge is 2.33. The average Bonchev–Trinajstić information content (AvgIpc) is 3.24. The third-order valence-electron chi connectivity index (χ3n) is 4.54. The Morgan fingerprint density at radius 2 is 2.17 bits per heavy atom. The summed E-state index contributed by atoms with van der Waals surface area (Å²) in [5, 5.41) is 14.9. The molecule has 3 atom stereocenters. The Kier molecular flexibility index (Phi) is 4.66. The van der Waals surface area contributed by atoms with E-state index in [2.05, 4.69) is 20.8 Å². The zero-order valence-electron chi connectivity index (χ0n) is 13.2. The molecule has 0 bridgehead atoms. The minimum Gasteiger partial charge on any atom is -0.346 e. The van der Waals surface area contributed by atoms with Gasteiger partial charge in [-0.2, -0.15) is 4.68 Å². The van der Waals surface area contributed by atoms with Crippen LogP contribution in [-0.2, 0) is 4.79 Å². The monoisotopic (exact) mass is 314 g/mol. The molecule has 1 aromatic carbocycles. The molecule has 122 valence electrons. The van der Waals surface area contributed by atoms with Crippen LogP contribution in [0.4, 0.5) is 0 Å². The Balaban J connectivity index is 1.73. The first-order chi connectivity index (χ1) is 11.2. The summed E-state index contributed by atoms with van der Waals surface area (Å²) in [6.45, 7) is 2.46. The fourth-order valence-corrected chi connectivity index (χ4v) is 3.27. The van der Waals surface area contributed by atoms with Crippen molar-refractivity contribution in [3.05, 3.63) is 36.2 Å². The summed E-state index contributed by atoms with van der Waals surface area (Å²) in [5.74, 6) is 0.954. The van der Waals surface area contributed by atoms with Gasteiger partial charge in [0.15, 0.2) is 5.82 Å². The summed E-state index contributed by atoms with van der Waals surface area (Å²) < 4.78 is 1.65. The second kappa shape index (κ2) is 6.87. The quantitative estimate of drug-likeness (QED) is 0.864. The molecule has 1 aromatic heterocycles. The van der Waals surface area contributed by atoms with Crippen LogP contribution in [0.2, 0.25) is 0 Å². The number of carbonyl (C=O) groups excluding carboxylic acids is 1. The Labute approximate surface area is 135 Å². The summed E-state index contributed by atoms with van der Waals surface area (Å²) in [4.78, 5) is 12.5. The van der Waals surface area contributed by atoms with Gasteiger partial charge >= 0.3 is 0 Å². The number of amides is 1. The van der Waals surface area contributed by atoms with E-state index in [9.17, 15) is 4.79 Å². The smallest absolute Gasteiger partial charge is 0.224 e. The fourth-order valence-electron chi connectivity index (χ4n) is 3.27. The molecule has 1 aliphatic carbocycles. The van der Waals surface area contributed by atoms with Gasteiger partial charge in [-0.25, -0.2) is 0 Å². The molecule has 1 fully saturated rings. The maximum atomic E-state index is 12.5. The van der Waals surface area contributed by atoms with Crippen molar-refractivity contribution in [2.75, 3.05) is 6.54 Å². The van der Waals surface area contributed by atoms with E-state index in [1.165, 1.54) is 0 Å². The number of nitrogens with zero attached hydrogens (tertiary/aromatic N) is 4. The van der Waals surface area contributed by atoms with Crippen molar-refractivity contribution in [2.24, 2.45) is 17.6 Å². The highest BCUT2D eigenvalue weighted by Crippen LogP contribution is 2.31. The molecule has 2 aromatic rings. The molecule has 23 heavy (non-hydrogen) atoms. The molecule has 0 spiro atoms. The van der Waals surface area contributed by atoms with Crippen LogP contribution in [0.1, 0.15) is 38.1 Å². The summed E-state index contributed by atoms with van der Waals surface area (Å²) in [6.07, 6.45) is 3.00. The Hall–Kier alpha value is -2.28. The van der Waals surface area contributed by atoms with Crippen molar-refractivity contribution < 1.29 is 4.79 Å². The van der Waals surface area contributed by atoms with Gasteiger partial charge in [0.1, 0.15) is 0 Å². The van der Waals surface area contributed by atoms with Crippen LogP contribution < -0.4 is 11.1 Å². The van der Waals surface area contributed by atoms with Gasteiger partial charge in [0.05, 0.1) is 11.7 Å². The Morgan fingerprint density at radius 1 is 1.39 bits per heavy atom. The fraction of sp³-hybridized carbons (Fsp3) is 0.500. The average molecular weight is 314 g/mol. The molecule has 7 heteroatoms. The molecule has 7 nitrogen and oxygen atoms in total. The predicted octanol–water partition coefficient (Wildman–Crippen LogP) is 1.21. The second-order valence-electron chi connectivity index (χ2n) is 6.05. The topological polar surface area (TPSA) is 98.7 Å². The molecule has 3 N–H and O–H groups in total. The number of hydrogen-bond donors (Lipinski definition) is 2. The zero-order chi connectivity index (χ0) is 16.2. The molecule has 1 heterocycles. The largest absolute Gasteiger partial charge is 0.346 e. The molecule has 1 unspecified atom stereocenters. The number of benzene rings is 1. The number of aromatic nitrogens is 4. The van der Waals surface area contributed by atoms with Crippen LogP contribution in [0.15, 0.2) is 30.3 Å². The second-order valence-corrected chi connectivity index (χ2v) is 6.05. The molecule has 0 aliphatic heterocycles. The van der Waals surface area contributed by atoms with Gasteiger partial charge in [0.25, 0.3) is 0 Å². The molecule has 0 radical (unpaired) electrons. The van der Waals surface area contributed by atoms with Gasteiger partial charge in [0.2, 0.25) is 5.91 Å². The first-order valence-corrected chi connectivity index (χ1v) is 8.05. The molecule has 0 saturated heterocycles. The van der Waals surface area contributed by atoms with Gasteiger partial charge in [-0.05, 0) is 54.8 Å². The lowest BCUT2D eigenvalue weighted by Crippen LogP contribution is -2.37. The van der Waals surface area contributed by atoms with Gasteiger partial charge in [-0.15, -0.1) is 5.10 Å². The lowest BCUT2D eigenvalue weighted by molar-refractivity contribution is -0.126. The lowest BCUT2D eigenvalue weighted by Gasteiger charge is -2.20. The number of para-hydroxylation sites is 1. The number of carbonyl (C=O) groups is 1. The van der Waals surface area contributed by atoms with Crippen LogP contribution in [0.5, 0.6) is 0 Å². The number of nitrogens with two attached hydrogens (primary N) is 1. The van der Waals surface area contributed by atoms with Gasteiger partial charge < -0.3 is 11.1 Å². The maximum Gasteiger partial charge on any atom is 0.224 e. The Morgan fingerprint density at radius 3 is 2.91 bits per heavy atom. The minimum absolute atomic E-state index is 0.00325. The van der Waals surface area contributed by atoms with E-state index >= 15 is 0 Å². The lowest BCUT2D eigenvalue weighted by atomic mass is 9.95. The zero-order valence-corrected chi connectivity index (χ0v) is 13.2. The molecule has 3 rings (SSSR count). The summed E-state index contributed by atoms with van der Waals surface area (Å²) in [7, 11) is 0. The normalized spacial score (nSPS) is 22.0. The molecule has 1 amide bonds. The van der Waals surface area contributed by atoms with E-state index in [4.69, 9.17) is 5.73 Å². The molecule has 1 aliphatic rings. The standard InChI is InChI=1S/C16H22N6O/c1-11(18-16(23)14-9-5-6-12(14)10-17)15-19-20-21-22(15)13-7-3-2-4-8-13/h2-4,7-8,11-12,14H,5-6,9-10,17H2,1H3,(H,18,23)/t11?,12-,14-/m1/s1. The van der Waals surface area contributed by atoms with Gasteiger partial charge in [0, 0.05) is 5.92 Å². The summed E-state index contributed by atoms with van der Waals surface area (Å²) in [5.41, 5.74) is 6.64. The third kappa shape index (κ3) is 3.24. The van der Waals surface area contributed by atoms with E-state index in [1.807, 2.05) is 37.3 Å². The number of nitrogens with one attached hydrogen (secondary N) is 1. The van der Waals surface area contributed by atoms with Crippen LogP contribution in [0.25, 0.3) is 5.69 Å². The summed E-state index contributed by atoms with van der Waals surface area (Å²) >= 11 is 0. The third-order valence-corrected chi connectivity index (χ3v) is 4.54. The van der Waals surface area contributed by atoms with Crippen LogP contribution in [0, 0.1) is 11.8 Å². The van der Waals surface area contributed by atoms with E-state index in [-0.39, 0.29) is 23.8 Å². The number of hydrogen-bond acceptors (Lipinski definition) is 5. The molecular formula is C16H22N6O. The van der Waals surface area contributed by atoms with Crippen molar-refractivity contribution in [3.8, 4) is 5.69 Å². The Bertz CT molecular complexity index is 656. The van der Waals surface area contributed by atoms with Crippen molar-refractivity contribution >= 4 is 5.91 Å². The minimum atomic E-state index is -0.267. The van der Waals surface area contributed by atoms with Crippen LogP contribution >= 0.6 is 0 Å². The summed E-state index contributed by atoms with van der Waals surface area (Å²) in [6, 6.07) is 9.37. The van der Waals surface area contributed by atoms with Gasteiger partial charge in [-0.3, -0.25) is 4.79 Å². The highest BCUT2D eigenvalue weighted by atomic mass is 16.2. The van der Waals surface area contributed by atoms with E-state index < -0.39 is 0 Å². The van der Waals surface area contributed by atoms with Crippen LogP contribution in [0.3, 0.4) is 0 Å². The van der Waals surface area contributed by atoms with Gasteiger partial charge in [-0.1, -0.05) is 24.6 Å². The van der Waals surface area contributed by atoms with E-state index in [1.54, 1.807) is 4.68 Å². The van der Waals surface area contributed by atoms with Crippen molar-refractivity contribution in [3.63, 3.8) is 0 Å². The SMILES string of the molecule is CC(NC(=O)[C@@H]1CCC[C@@H]1CN)c1nnnn1-c1ccccc1. The van der Waals surface area contributed by atoms with Crippen molar-refractivity contribution in [1.29, 1.82) is 0 Å². The van der Waals surface area contributed by atoms with Crippen LogP contribution in [-0.4, -0.2) is 32.7 Å². The van der Waals surface area contributed by atoms with E-state index in [0.29, 0.717) is 12.4 Å². The molecule has 1 saturated carbocycles. The first kappa shape index (κ1) is 15.6. The number of tetrazole rings is 1. The van der Waals surface area contributed by atoms with Crippen molar-refractivity contribution in [2.45, 2.75) is 32.2 Å². The number of rotatable bonds is 5. The maximum absolute atomic E-state index is 12.5.